The molecule has 0 atom stereocenters. The zero-order valence-electron chi connectivity index (χ0n) is 10.7. The van der Waals surface area contributed by atoms with E-state index in [1.54, 1.807) is 0 Å². The van der Waals surface area contributed by atoms with Crippen molar-refractivity contribution >= 4 is 23.0 Å². The fraction of sp³-hybridized carbons (Fsp3) is 0.571. The smallest absolute Gasteiger partial charge is 0.0614 e. The molecule has 0 amide bonds. The number of nitrogen functional groups attached to an aromatic ring is 1. The maximum atomic E-state index is 6.04. The lowest BCUT2D eigenvalue weighted by molar-refractivity contribution is 0.238. The Morgan fingerprint density at radius 2 is 2.00 bits per heavy atom. The summed E-state index contributed by atoms with van der Waals surface area (Å²) in [6.45, 7) is 6.82. The van der Waals surface area contributed by atoms with Crippen LogP contribution in [0.4, 0.5) is 11.4 Å². The lowest BCUT2D eigenvalue weighted by atomic mass is 9.78. The first kappa shape index (κ1) is 12.6. The summed E-state index contributed by atoms with van der Waals surface area (Å²) in [6.07, 6.45) is 3.72. The molecule has 0 radical (unpaired) electrons. The molecule has 0 aromatic heterocycles. The second kappa shape index (κ2) is 4.77. The summed E-state index contributed by atoms with van der Waals surface area (Å²) in [5.41, 5.74) is 8.45. The van der Waals surface area contributed by atoms with Crippen LogP contribution in [-0.4, -0.2) is 13.1 Å². The highest BCUT2D eigenvalue weighted by Gasteiger charge is 2.28. The van der Waals surface area contributed by atoms with Crippen LogP contribution in [0, 0.1) is 5.41 Å². The van der Waals surface area contributed by atoms with E-state index in [-0.39, 0.29) is 0 Å². The van der Waals surface area contributed by atoms with E-state index in [0.717, 1.165) is 29.5 Å². The zero-order valence-corrected chi connectivity index (χ0v) is 11.4. The third kappa shape index (κ3) is 2.68. The standard InChI is InChI=1S/C14H21ClN2/c1-3-14(2)6-8-17(9-7-14)13-10-11(15)4-5-12(13)16/h4-5,10H,3,6-9,16H2,1-2H3. The van der Waals surface area contributed by atoms with Crippen molar-refractivity contribution in [2.75, 3.05) is 23.7 Å². The Hall–Kier alpha value is -0.890. The molecule has 2 nitrogen and oxygen atoms in total. The Kier molecular flexibility index (Phi) is 3.53. The Bertz CT molecular complexity index is 395. The van der Waals surface area contributed by atoms with Crippen LogP contribution in [0.15, 0.2) is 18.2 Å². The Morgan fingerprint density at radius 3 is 2.59 bits per heavy atom. The van der Waals surface area contributed by atoms with Gasteiger partial charge in [0.2, 0.25) is 0 Å². The monoisotopic (exact) mass is 252 g/mol. The third-order valence-electron chi connectivity index (χ3n) is 4.16. The highest BCUT2D eigenvalue weighted by atomic mass is 35.5. The first-order chi connectivity index (χ1) is 8.04. The first-order valence-electron chi connectivity index (χ1n) is 6.34. The molecule has 3 heteroatoms. The zero-order chi connectivity index (χ0) is 12.5. The predicted octanol–water partition coefficient (Wildman–Crippen LogP) is 3.94. The number of nitrogens with two attached hydrogens (primary N) is 1. The Morgan fingerprint density at radius 1 is 1.35 bits per heavy atom. The van der Waals surface area contributed by atoms with Crippen molar-refractivity contribution in [3.8, 4) is 0 Å². The molecule has 1 saturated heterocycles. The lowest BCUT2D eigenvalue weighted by Gasteiger charge is -2.40. The minimum Gasteiger partial charge on any atom is -0.397 e. The molecule has 0 aliphatic carbocycles. The molecule has 1 aromatic carbocycles. The number of rotatable bonds is 2. The molecular weight excluding hydrogens is 232 g/mol. The number of piperidine rings is 1. The third-order valence-corrected chi connectivity index (χ3v) is 4.39. The summed E-state index contributed by atoms with van der Waals surface area (Å²) in [4.78, 5) is 2.36. The summed E-state index contributed by atoms with van der Waals surface area (Å²) >= 11 is 6.04. The van der Waals surface area contributed by atoms with E-state index in [1.807, 2.05) is 18.2 Å². The molecule has 2 N–H and O–H groups in total. The second-order valence-electron chi connectivity index (χ2n) is 5.35. The molecule has 0 bridgehead atoms. The van der Waals surface area contributed by atoms with Gasteiger partial charge in [0.1, 0.15) is 0 Å². The maximum absolute atomic E-state index is 6.04. The van der Waals surface area contributed by atoms with E-state index in [2.05, 4.69) is 18.7 Å². The van der Waals surface area contributed by atoms with E-state index in [1.165, 1.54) is 19.3 Å². The van der Waals surface area contributed by atoms with E-state index in [9.17, 15) is 0 Å². The fourth-order valence-electron chi connectivity index (χ4n) is 2.43. The summed E-state index contributed by atoms with van der Waals surface area (Å²) in [5, 5.41) is 0.762. The van der Waals surface area contributed by atoms with E-state index in [0.29, 0.717) is 5.41 Å². The van der Waals surface area contributed by atoms with Gasteiger partial charge in [-0.25, -0.2) is 0 Å². The van der Waals surface area contributed by atoms with Gasteiger partial charge in [-0.2, -0.15) is 0 Å². The predicted molar refractivity (Wildman–Crippen MR) is 75.7 cm³/mol. The van der Waals surface area contributed by atoms with Gasteiger partial charge in [-0.05, 0) is 36.5 Å². The first-order valence-corrected chi connectivity index (χ1v) is 6.72. The summed E-state index contributed by atoms with van der Waals surface area (Å²) in [6, 6.07) is 5.72. The molecule has 0 saturated carbocycles. The Balaban J connectivity index is 2.13. The van der Waals surface area contributed by atoms with Crippen LogP contribution in [0.3, 0.4) is 0 Å². The van der Waals surface area contributed by atoms with Gasteiger partial charge in [0, 0.05) is 18.1 Å². The van der Waals surface area contributed by atoms with Gasteiger partial charge in [0.25, 0.3) is 0 Å². The molecule has 2 rings (SSSR count). The minimum atomic E-state index is 0.504. The molecule has 94 valence electrons. The number of halogens is 1. The van der Waals surface area contributed by atoms with E-state index < -0.39 is 0 Å². The molecule has 1 aliphatic heterocycles. The van der Waals surface area contributed by atoms with Crippen LogP contribution >= 0.6 is 11.6 Å². The summed E-state index contributed by atoms with van der Waals surface area (Å²) < 4.78 is 0. The maximum Gasteiger partial charge on any atom is 0.0614 e. The van der Waals surface area contributed by atoms with Crippen molar-refractivity contribution < 1.29 is 0 Å². The van der Waals surface area contributed by atoms with Gasteiger partial charge in [-0.1, -0.05) is 31.9 Å². The number of hydrogen-bond donors (Lipinski definition) is 1. The van der Waals surface area contributed by atoms with Crippen LogP contribution < -0.4 is 10.6 Å². The number of nitrogens with zero attached hydrogens (tertiary/aromatic N) is 1. The number of benzene rings is 1. The van der Waals surface area contributed by atoms with E-state index >= 15 is 0 Å². The van der Waals surface area contributed by atoms with Gasteiger partial charge in [0.15, 0.2) is 0 Å². The molecule has 17 heavy (non-hydrogen) atoms. The normalized spacial score (nSPS) is 19.4. The van der Waals surface area contributed by atoms with Crippen LogP contribution in [0.5, 0.6) is 0 Å². The lowest BCUT2D eigenvalue weighted by Crippen LogP contribution is -2.38. The number of anilines is 2. The van der Waals surface area contributed by atoms with Gasteiger partial charge >= 0.3 is 0 Å². The summed E-state index contributed by atoms with van der Waals surface area (Å²) in [5.74, 6) is 0. The van der Waals surface area contributed by atoms with Crippen molar-refractivity contribution in [3.63, 3.8) is 0 Å². The van der Waals surface area contributed by atoms with Gasteiger partial charge in [0.05, 0.1) is 11.4 Å². The van der Waals surface area contributed by atoms with Crippen LogP contribution in [0.1, 0.15) is 33.1 Å². The van der Waals surface area contributed by atoms with Gasteiger partial charge in [-0.3, -0.25) is 0 Å². The highest BCUT2D eigenvalue weighted by Crippen LogP contribution is 2.37. The summed E-state index contributed by atoms with van der Waals surface area (Å²) in [7, 11) is 0. The number of hydrogen-bond acceptors (Lipinski definition) is 2. The SMILES string of the molecule is CCC1(C)CCN(c2cc(Cl)ccc2N)CC1. The topological polar surface area (TPSA) is 29.3 Å². The van der Waals surface area contributed by atoms with Crippen LogP contribution in [0.25, 0.3) is 0 Å². The van der Waals surface area contributed by atoms with Crippen LogP contribution in [0.2, 0.25) is 5.02 Å². The van der Waals surface area contributed by atoms with Gasteiger partial charge < -0.3 is 10.6 Å². The van der Waals surface area contributed by atoms with E-state index in [4.69, 9.17) is 17.3 Å². The molecule has 1 fully saturated rings. The molecule has 0 spiro atoms. The van der Waals surface area contributed by atoms with Crippen molar-refractivity contribution in [2.24, 2.45) is 5.41 Å². The molecular formula is C14H21ClN2. The fourth-order valence-corrected chi connectivity index (χ4v) is 2.60. The van der Waals surface area contributed by atoms with Crippen LogP contribution in [-0.2, 0) is 0 Å². The molecule has 1 aliphatic rings. The van der Waals surface area contributed by atoms with Crippen molar-refractivity contribution in [3.05, 3.63) is 23.2 Å². The Labute approximate surface area is 109 Å². The van der Waals surface area contributed by atoms with Gasteiger partial charge in [-0.15, -0.1) is 0 Å². The second-order valence-corrected chi connectivity index (χ2v) is 5.79. The molecule has 1 aromatic rings. The largest absolute Gasteiger partial charge is 0.397 e. The quantitative estimate of drug-likeness (QED) is 0.808. The highest BCUT2D eigenvalue weighted by molar-refractivity contribution is 6.31. The van der Waals surface area contributed by atoms with Crippen molar-refractivity contribution in [2.45, 2.75) is 33.1 Å². The molecule has 0 unspecified atom stereocenters. The van der Waals surface area contributed by atoms with Crippen molar-refractivity contribution in [1.82, 2.24) is 0 Å². The molecule has 1 heterocycles. The average molecular weight is 253 g/mol. The van der Waals surface area contributed by atoms with Crippen molar-refractivity contribution in [1.29, 1.82) is 0 Å². The average Bonchev–Trinajstić information content (AvgIpc) is 2.34. The minimum absolute atomic E-state index is 0.504.